The van der Waals surface area contributed by atoms with Crippen molar-refractivity contribution in [1.29, 1.82) is 0 Å². The van der Waals surface area contributed by atoms with Gasteiger partial charge < -0.3 is 0 Å². The van der Waals surface area contributed by atoms with E-state index in [1.54, 1.807) is 0 Å². The van der Waals surface area contributed by atoms with Crippen molar-refractivity contribution in [2.75, 3.05) is 0 Å². The summed E-state index contributed by atoms with van der Waals surface area (Å²) in [4.78, 5) is 0. The molecular weight excluding hydrogens is 58.9 g/mol. The molecule has 0 aliphatic heterocycles. The second kappa shape index (κ2) is 111. The summed E-state index contributed by atoms with van der Waals surface area (Å²) in [5, 5.41) is 0. The van der Waals surface area contributed by atoms with E-state index >= 15 is 0 Å². The molecule has 0 aliphatic carbocycles. The van der Waals surface area contributed by atoms with Gasteiger partial charge >= 0.3 is 0 Å². The summed E-state index contributed by atoms with van der Waals surface area (Å²) < 4.78 is 0. The van der Waals surface area contributed by atoms with Gasteiger partial charge in [-0.1, -0.05) is 0 Å². The predicted molar refractivity (Wildman–Crippen MR) is 32.4 cm³/mol. The second-order valence-corrected chi connectivity index (χ2v) is 0. The Labute approximate surface area is 35.8 Å². The zero-order valence-electron chi connectivity index (χ0n) is 2.83. The summed E-state index contributed by atoms with van der Waals surface area (Å²) in [6.07, 6.45) is 0. The first kappa shape index (κ1) is 23.9. The number of hydrogen-bond donors (Lipinski definition) is 0. The molecule has 0 N–H and O–H groups in total. The maximum Gasteiger partial charge on any atom is 0.0814 e. The maximum absolute atomic E-state index is 3.00. The van der Waals surface area contributed by atoms with Crippen molar-refractivity contribution in [3.8, 4) is 0 Å². The van der Waals surface area contributed by atoms with Crippen molar-refractivity contribution >= 4 is 8.41 Å². The fourth-order valence-corrected chi connectivity index (χ4v) is 0. The van der Waals surface area contributed by atoms with Gasteiger partial charge in [-0.25, -0.2) is 0 Å². The van der Waals surface area contributed by atoms with Crippen molar-refractivity contribution in [2.45, 2.75) is 0 Å². The van der Waals surface area contributed by atoms with E-state index in [2.05, 4.69) is 26.3 Å². The van der Waals surface area contributed by atoms with Gasteiger partial charge in [-0.2, -0.15) is 0 Å². The van der Waals surface area contributed by atoms with E-state index in [0.29, 0.717) is 0 Å². The van der Waals surface area contributed by atoms with E-state index in [0.717, 1.165) is 0 Å². The van der Waals surface area contributed by atoms with Crippen molar-refractivity contribution in [3.05, 3.63) is 26.3 Å². The molecule has 0 aliphatic rings. The fraction of sp³-hybridized carbons (Fsp3) is 0. The molecule has 0 saturated carbocycles. The third-order valence-electron chi connectivity index (χ3n) is 0. The Morgan fingerprint density at radius 1 is 0.600 bits per heavy atom. The molecule has 0 heterocycles. The maximum atomic E-state index is 3.00. The van der Waals surface area contributed by atoms with Gasteiger partial charge in [0, 0.05) is 0 Å². The Morgan fingerprint density at radius 2 is 0.600 bits per heavy atom. The first-order valence-electron chi connectivity index (χ1n) is 1.000. The lowest BCUT2D eigenvalue weighted by Gasteiger charge is -0.813. The molecule has 30 valence electrons. The highest BCUT2D eigenvalue weighted by Gasteiger charge is 0.603. The Bertz CT molecular complexity index is 5.61. The summed E-state index contributed by atoms with van der Waals surface area (Å²) in [7, 11) is 0. The monoisotopic (exact) mass is 70.1 g/mol. The highest BCUT2D eigenvalue weighted by atomic mass is 12.7. The van der Waals surface area contributed by atoms with Crippen molar-refractivity contribution in [2.24, 2.45) is 0 Å². The van der Waals surface area contributed by atoms with Crippen LogP contribution in [-0.4, -0.2) is 8.41 Å². The molecule has 0 aromatic heterocycles. The van der Waals surface area contributed by atoms with Crippen molar-refractivity contribution in [1.82, 2.24) is 0 Å². The lowest BCUT2D eigenvalue weighted by atomic mass is 10.8. The minimum Gasteiger partial charge on any atom is -0.106 e. The smallest absolute Gasteiger partial charge is 0.0814 e. The van der Waals surface area contributed by atoms with Gasteiger partial charge in [0.2, 0.25) is 0 Å². The third-order valence-corrected chi connectivity index (χ3v) is 0. The largest absolute Gasteiger partial charge is 0.106 e. The van der Waals surface area contributed by atoms with Crippen LogP contribution in [-0.2, 0) is 0 Å². The predicted octanol–water partition coefficient (Wildman–Crippen LogP) is 0.420. The Kier molecular flexibility index (Phi) is 531. The first-order chi connectivity index (χ1) is 2.00. The quantitative estimate of drug-likeness (QED) is 0.286. The highest BCUT2D eigenvalue weighted by molar-refractivity contribution is 5.75. The summed E-state index contributed by atoms with van der Waals surface area (Å²) in [5.41, 5.74) is 0. The van der Waals surface area contributed by atoms with Crippen molar-refractivity contribution < 1.29 is 0 Å². The van der Waals surface area contributed by atoms with Crippen LogP contribution in [0, 0.1) is 0 Å². The molecule has 0 unspecified atom stereocenters. The van der Waals surface area contributed by atoms with Gasteiger partial charge in [-0.15, -0.1) is 26.3 Å². The molecule has 5 heavy (non-hydrogen) atoms. The van der Waals surface area contributed by atoms with Gasteiger partial charge in [-0.05, 0) is 0 Å². The lowest BCUT2D eigenvalue weighted by molar-refractivity contribution is 2.81. The standard InChI is InChI=1S/2C2H4.BH3/c2*1-2;/h2*1-2H2;1H3. The lowest BCUT2D eigenvalue weighted by Crippen LogP contribution is -0.552. The Balaban J connectivity index is -0.0000000133. The van der Waals surface area contributed by atoms with Gasteiger partial charge in [0.25, 0.3) is 0 Å². The number of hydrogen-bond acceptors (Lipinski definition) is 0. The molecule has 0 amide bonds. The summed E-state index contributed by atoms with van der Waals surface area (Å²) in [6, 6.07) is 0. The van der Waals surface area contributed by atoms with Crippen LogP contribution in [0.15, 0.2) is 26.3 Å². The molecule has 0 aromatic carbocycles. The van der Waals surface area contributed by atoms with Crippen LogP contribution >= 0.6 is 0 Å². The Hall–Kier alpha value is -0.455. The molecule has 1 heteroatoms. The van der Waals surface area contributed by atoms with Crippen LogP contribution in [0.5, 0.6) is 0 Å². The molecule has 0 aromatic rings. The van der Waals surface area contributed by atoms with Gasteiger partial charge in [0.15, 0.2) is 0 Å². The van der Waals surface area contributed by atoms with Crippen molar-refractivity contribution in [3.63, 3.8) is 0 Å². The van der Waals surface area contributed by atoms with E-state index in [4.69, 9.17) is 0 Å². The molecule has 0 fully saturated rings. The van der Waals surface area contributed by atoms with Gasteiger partial charge in [0.05, 0.1) is 8.41 Å². The van der Waals surface area contributed by atoms with Crippen LogP contribution in [0.4, 0.5) is 0 Å². The molecule has 0 saturated heterocycles. The summed E-state index contributed by atoms with van der Waals surface area (Å²) in [5.74, 6) is 0. The Morgan fingerprint density at radius 3 is 0.600 bits per heavy atom. The zero-order chi connectivity index (χ0) is 4.00. The molecule has 0 atom stereocenters. The number of rotatable bonds is 0. The van der Waals surface area contributed by atoms with E-state index in [-0.39, 0.29) is 8.41 Å². The van der Waals surface area contributed by atoms with Gasteiger partial charge in [0.1, 0.15) is 0 Å². The van der Waals surface area contributed by atoms with E-state index < -0.39 is 0 Å². The fourth-order valence-electron chi connectivity index (χ4n) is 0. The first-order valence-corrected chi connectivity index (χ1v) is 1.000. The average molecular weight is 69.9 g/mol. The zero-order valence-corrected chi connectivity index (χ0v) is 2.83. The minimum atomic E-state index is 0. The third kappa shape index (κ3) is 40.9. The normalized spacial score (nSPS) is 1.60. The average Bonchev–Trinajstić information content (AvgIpc) is 1.50. The SMILES string of the molecule is B.C=C.C=C. The van der Waals surface area contributed by atoms with Crippen LogP contribution in [0.2, 0.25) is 0 Å². The second-order valence-electron chi connectivity index (χ2n) is 0. The topological polar surface area (TPSA) is 0 Å². The minimum absolute atomic E-state index is 0. The van der Waals surface area contributed by atoms with E-state index in [9.17, 15) is 0 Å². The summed E-state index contributed by atoms with van der Waals surface area (Å²) in [6.45, 7) is 12.0. The molecule has 0 radical (unpaired) electrons. The van der Waals surface area contributed by atoms with Crippen LogP contribution < -0.4 is 0 Å². The van der Waals surface area contributed by atoms with Crippen LogP contribution in [0.3, 0.4) is 0 Å². The van der Waals surface area contributed by atoms with Crippen LogP contribution in [0.25, 0.3) is 0 Å². The molecule has 0 rings (SSSR count). The van der Waals surface area contributed by atoms with Gasteiger partial charge in [-0.3, -0.25) is 0 Å². The summed E-state index contributed by atoms with van der Waals surface area (Å²) >= 11 is 0. The van der Waals surface area contributed by atoms with Crippen LogP contribution in [0.1, 0.15) is 0 Å². The van der Waals surface area contributed by atoms with E-state index in [1.807, 2.05) is 0 Å². The molecule has 0 bridgehead atoms. The molecule has 0 nitrogen and oxygen atoms in total. The molecule has 0 spiro atoms. The van der Waals surface area contributed by atoms with E-state index in [1.165, 1.54) is 0 Å². The highest BCUT2D eigenvalue weighted by Crippen LogP contribution is 0.864. The molecular formula is C4H11B.